The highest BCUT2D eigenvalue weighted by atomic mass is 32.2. The largest absolute Gasteiger partial charge is 0.379 e. The summed E-state index contributed by atoms with van der Waals surface area (Å²) in [5.41, 5.74) is 2.04. The van der Waals surface area contributed by atoms with Crippen molar-refractivity contribution in [2.24, 2.45) is 5.84 Å². The summed E-state index contributed by atoms with van der Waals surface area (Å²) >= 11 is 1.90. The molecule has 2 heterocycles. The number of unbranched alkanes of at least 4 members (excludes halogenated alkanes) is 1. The fourth-order valence-electron chi connectivity index (χ4n) is 5.38. The van der Waals surface area contributed by atoms with Crippen LogP contribution >= 0.6 is 11.8 Å². The van der Waals surface area contributed by atoms with E-state index in [0.717, 1.165) is 25.0 Å². The Morgan fingerprint density at radius 2 is 0.897 bits per heavy atom. The van der Waals surface area contributed by atoms with Crippen LogP contribution in [0.25, 0.3) is 0 Å². The van der Waals surface area contributed by atoms with Gasteiger partial charge in [-0.1, -0.05) is 6.42 Å². The van der Waals surface area contributed by atoms with Crippen LogP contribution in [0.5, 0.6) is 0 Å². The molecular formula is C37H71N5O15S. The second kappa shape index (κ2) is 39.2. The first-order valence-electron chi connectivity index (χ1n) is 20.5. The molecule has 0 radical (unpaired) electrons. The maximum absolute atomic E-state index is 12.0. The van der Waals surface area contributed by atoms with Gasteiger partial charge >= 0.3 is 6.03 Å². The molecule has 21 heteroatoms. The lowest BCUT2D eigenvalue weighted by molar-refractivity contribution is -0.122. The number of amides is 4. The average molecular weight is 858 g/mol. The van der Waals surface area contributed by atoms with Gasteiger partial charge in [0.25, 0.3) is 0 Å². The van der Waals surface area contributed by atoms with Gasteiger partial charge in [0.15, 0.2) is 0 Å². The van der Waals surface area contributed by atoms with Crippen LogP contribution in [0.1, 0.15) is 32.1 Å². The van der Waals surface area contributed by atoms with Crippen molar-refractivity contribution in [3.8, 4) is 0 Å². The van der Waals surface area contributed by atoms with Gasteiger partial charge in [-0.25, -0.2) is 10.6 Å². The fourth-order valence-corrected chi connectivity index (χ4v) is 6.93. The average Bonchev–Trinajstić information content (AvgIpc) is 3.79. The van der Waals surface area contributed by atoms with E-state index in [1.165, 1.54) is 0 Å². The van der Waals surface area contributed by atoms with Crippen molar-refractivity contribution in [1.29, 1.82) is 0 Å². The molecule has 0 aromatic heterocycles. The highest BCUT2D eigenvalue weighted by Gasteiger charge is 2.42. The minimum atomic E-state index is -0.263. The van der Waals surface area contributed by atoms with E-state index >= 15 is 0 Å². The third-order valence-electron chi connectivity index (χ3n) is 8.38. The molecule has 0 aromatic carbocycles. The molecule has 0 spiro atoms. The standard InChI is InChI=1S/C37H71N5O15S/c38-42-35(44)5-7-46-9-11-48-13-15-50-17-19-52-21-23-54-25-27-56-29-30-57-28-26-55-24-22-53-20-18-51-16-14-49-12-10-47-8-6-39-34(43)4-2-1-3-33-36-32(31-58-33)40-37(45)41-36/h32-33,36H,1-31,38H2,(H,39,43)(H,42,44)(H2,40,41,45)/t32-,33-,36-/m0/s1. The summed E-state index contributed by atoms with van der Waals surface area (Å²) in [7, 11) is 0. The van der Waals surface area contributed by atoms with Gasteiger partial charge in [0.05, 0.1) is 177 Å². The molecule has 4 amide bonds. The molecule has 2 aliphatic rings. The molecule has 0 bridgehead atoms. The van der Waals surface area contributed by atoms with E-state index in [2.05, 4.69) is 16.0 Å². The van der Waals surface area contributed by atoms with Crippen LogP contribution in [0.15, 0.2) is 0 Å². The number of nitrogens with one attached hydrogen (secondary N) is 4. The highest BCUT2D eigenvalue weighted by Crippen LogP contribution is 2.33. The number of fused-ring (bicyclic) bond motifs is 1. The molecule has 0 saturated carbocycles. The first-order chi connectivity index (χ1) is 28.6. The first-order valence-corrected chi connectivity index (χ1v) is 21.5. The Morgan fingerprint density at radius 3 is 1.29 bits per heavy atom. The van der Waals surface area contributed by atoms with Gasteiger partial charge in [-0.2, -0.15) is 11.8 Å². The fraction of sp³-hybridized carbons (Fsp3) is 0.919. The Kier molecular flexibility index (Phi) is 35.3. The Balaban J connectivity index is 1.13. The van der Waals surface area contributed by atoms with E-state index in [1.54, 1.807) is 0 Å². The zero-order valence-corrected chi connectivity index (χ0v) is 35.1. The van der Waals surface area contributed by atoms with Crippen molar-refractivity contribution >= 4 is 29.6 Å². The number of carbonyl (C=O) groups excluding carboxylic acids is 3. The number of rotatable bonds is 44. The zero-order valence-electron chi connectivity index (χ0n) is 34.3. The predicted octanol–water partition coefficient (Wildman–Crippen LogP) is -0.592. The third-order valence-corrected chi connectivity index (χ3v) is 9.88. The predicted molar refractivity (Wildman–Crippen MR) is 214 cm³/mol. The molecule has 0 aliphatic carbocycles. The summed E-state index contributed by atoms with van der Waals surface area (Å²) in [5.74, 6) is 5.71. The highest BCUT2D eigenvalue weighted by molar-refractivity contribution is 8.00. The number of carbonyl (C=O) groups is 3. The van der Waals surface area contributed by atoms with E-state index in [1.807, 2.05) is 17.2 Å². The Labute approximate surface area is 347 Å². The lowest BCUT2D eigenvalue weighted by Crippen LogP contribution is -2.36. The summed E-state index contributed by atoms with van der Waals surface area (Å²) in [6.45, 7) is 11.6. The van der Waals surface area contributed by atoms with Crippen molar-refractivity contribution in [3.05, 3.63) is 0 Å². The van der Waals surface area contributed by atoms with Crippen LogP contribution in [0.2, 0.25) is 0 Å². The van der Waals surface area contributed by atoms with E-state index in [-0.39, 0.29) is 36.3 Å². The van der Waals surface area contributed by atoms with Crippen molar-refractivity contribution in [2.45, 2.75) is 49.4 Å². The van der Waals surface area contributed by atoms with Crippen LogP contribution in [0, 0.1) is 0 Å². The molecule has 58 heavy (non-hydrogen) atoms. The van der Waals surface area contributed by atoms with Crippen molar-refractivity contribution < 1.29 is 71.2 Å². The van der Waals surface area contributed by atoms with Gasteiger partial charge in [0.1, 0.15) is 0 Å². The van der Waals surface area contributed by atoms with E-state index in [4.69, 9.17) is 62.7 Å². The van der Waals surface area contributed by atoms with Crippen LogP contribution in [0.4, 0.5) is 4.79 Å². The van der Waals surface area contributed by atoms with Gasteiger partial charge in [-0.15, -0.1) is 0 Å². The molecule has 2 fully saturated rings. The molecule has 20 nitrogen and oxygen atoms in total. The molecule has 0 aromatic rings. The van der Waals surface area contributed by atoms with Gasteiger partial charge in [0.2, 0.25) is 11.8 Å². The Bertz CT molecular complexity index is 999. The van der Waals surface area contributed by atoms with Crippen molar-refractivity contribution in [1.82, 2.24) is 21.4 Å². The van der Waals surface area contributed by atoms with Crippen LogP contribution in [-0.2, 0) is 66.4 Å². The van der Waals surface area contributed by atoms with Gasteiger partial charge in [0, 0.05) is 24.0 Å². The SMILES string of the molecule is NNC(=O)CCOCCOCCOCCOCCOCCOCCOCCOCCOCCOCCOCCOCCNC(=O)CCCC[C@@H]1SC[C@@H]2NC(=O)N[C@@H]21. The molecule has 2 aliphatic heterocycles. The van der Waals surface area contributed by atoms with E-state index in [0.29, 0.717) is 177 Å². The molecule has 0 unspecified atom stereocenters. The number of ether oxygens (including phenoxy) is 12. The normalized spacial score (nSPS) is 17.3. The number of urea groups is 1. The molecule has 340 valence electrons. The van der Waals surface area contributed by atoms with Crippen LogP contribution in [0.3, 0.4) is 0 Å². The lowest BCUT2D eigenvalue weighted by Gasteiger charge is -2.16. The summed E-state index contributed by atoms with van der Waals surface area (Å²) < 4.78 is 65.4. The minimum Gasteiger partial charge on any atom is -0.379 e. The second-order valence-corrected chi connectivity index (χ2v) is 14.2. The summed E-state index contributed by atoms with van der Waals surface area (Å²) in [4.78, 5) is 34.4. The van der Waals surface area contributed by atoms with Gasteiger partial charge in [-0.05, 0) is 12.8 Å². The van der Waals surface area contributed by atoms with E-state index < -0.39 is 0 Å². The van der Waals surface area contributed by atoms with E-state index in [9.17, 15) is 14.4 Å². The molecular weight excluding hydrogens is 786 g/mol. The summed E-state index contributed by atoms with van der Waals surface area (Å²) in [6, 6.07) is 0.396. The first kappa shape index (κ1) is 52.2. The van der Waals surface area contributed by atoms with Crippen molar-refractivity contribution in [3.63, 3.8) is 0 Å². The maximum Gasteiger partial charge on any atom is 0.315 e. The Morgan fingerprint density at radius 1 is 0.517 bits per heavy atom. The number of hydrazine groups is 1. The Hall–Kier alpha value is -1.96. The third kappa shape index (κ3) is 31.0. The molecule has 3 atom stereocenters. The number of hydrogen-bond donors (Lipinski definition) is 5. The van der Waals surface area contributed by atoms with Gasteiger partial charge < -0.3 is 72.8 Å². The monoisotopic (exact) mass is 857 g/mol. The molecule has 2 saturated heterocycles. The number of thioether (sulfide) groups is 1. The summed E-state index contributed by atoms with van der Waals surface area (Å²) in [6.07, 6.45) is 3.54. The zero-order chi connectivity index (χ0) is 41.4. The minimum absolute atomic E-state index is 0.0391. The summed E-state index contributed by atoms with van der Waals surface area (Å²) in [5, 5.41) is 9.28. The molecule has 2 rings (SSSR count). The quantitative estimate of drug-likeness (QED) is 0.0169. The molecule has 6 N–H and O–H groups in total. The van der Waals surface area contributed by atoms with Gasteiger partial charge in [-0.3, -0.25) is 15.0 Å². The smallest absolute Gasteiger partial charge is 0.315 e. The second-order valence-electron chi connectivity index (χ2n) is 12.9. The number of hydrogen-bond acceptors (Lipinski definition) is 17. The van der Waals surface area contributed by atoms with Crippen LogP contribution in [-0.4, -0.2) is 206 Å². The topological polar surface area (TPSA) is 236 Å². The lowest BCUT2D eigenvalue weighted by atomic mass is 10.0. The number of nitrogens with two attached hydrogens (primary N) is 1. The van der Waals surface area contributed by atoms with Crippen LogP contribution < -0.4 is 27.2 Å². The van der Waals surface area contributed by atoms with Crippen molar-refractivity contribution in [2.75, 3.05) is 171 Å². The maximum atomic E-state index is 12.0.